The molecular formula is C36H37N7O4. The Labute approximate surface area is 272 Å². The maximum absolute atomic E-state index is 13.5. The van der Waals surface area contributed by atoms with Crippen molar-refractivity contribution in [3.05, 3.63) is 95.6 Å². The van der Waals surface area contributed by atoms with Gasteiger partial charge in [-0.15, -0.1) is 0 Å². The first-order valence-corrected chi connectivity index (χ1v) is 15.6. The van der Waals surface area contributed by atoms with Crippen molar-refractivity contribution in [2.24, 2.45) is 0 Å². The van der Waals surface area contributed by atoms with Gasteiger partial charge in [-0.25, -0.2) is 0 Å². The number of amides is 2. The van der Waals surface area contributed by atoms with Gasteiger partial charge in [0.2, 0.25) is 5.91 Å². The van der Waals surface area contributed by atoms with E-state index in [0.717, 1.165) is 51.6 Å². The largest absolute Gasteiger partial charge is 0.496 e. The average molecular weight is 632 g/mol. The number of carbonyl (C=O) groups excluding carboxylic acids is 2. The molecule has 0 atom stereocenters. The van der Waals surface area contributed by atoms with E-state index in [1.165, 1.54) is 0 Å². The first-order chi connectivity index (χ1) is 22.8. The van der Waals surface area contributed by atoms with Gasteiger partial charge in [0, 0.05) is 30.1 Å². The molecule has 0 spiro atoms. The van der Waals surface area contributed by atoms with Gasteiger partial charge < -0.3 is 25.6 Å². The number of nitrogens with two attached hydrogens (primary N) is 1. The van der Waals surface area contributed by atoms with Crippen LogP contribution in [0.4, 0.5) is 11.4 Å². The molecule has 0 aliphatic heterocycles. The summed E-state index contributed by atoms with van der Waals surface area (Å²) in [5.41, 5.74) is 12.4. The number of nitrogens with one attached hydrogen (secondary N) is 2. The number of aryl methyl sites for hydroxylation is 2. The van der Waals surface area contributed by atoms with E-state index < -0.39 is 0 Å². The number of para-hydroxylation sites is 2. The predicted octanol–water partition coefficient (Wildman–Crippen LogP) is 6.42. The van der Waals surface area contributed by atoms with Crippen LogP contribution in [0.3, 0.4) is 0 Å². The first kappa shape index (κ1) is 31.3. The quantitative estimate of drug-likeness (QED) is 0.103. The third-order valence-electron chi connectivity index (χ3n) is 8.19. The van der Waals surface area contributed by atoms with Crippen LogP contribution in [-0.2, 0) is 11.3 Å². The van der Waals surface area contributed by atoms with E-state index in [9.17, 15) is 9.59 Å². The number of methoxy groups -OCH3 is 1. The number of benzene rings is 3. The van der Waals surface area contributed by atoms with Gasteiger partial charge in [0.25, 0.3) is 5.91 Å². The number of ether oxygens (including phenoxy) is 1. The van der Waals surface area contributed by atoms with Crippen LogP contribution >= 0.6 is 0 Å². The number of anilines is 2. The first-order valence-electron chi connectivity index (χ1n) is 15.6. The maximum atomic E-state index is 13.5. The standard InChI is InChI=1S/C36H37N7O4/c1-22-33(23(2)47-42-22)26-18-30-25(19-31(26)46-3)35-27(20-39-30)34(41-43(35)21-24-12-6-4-7-13-24)36(45)38-17-11-5-8-16-32(44)40-29-15-10-9-14-28(29)37/h4,6-7,9-10,12-15,18-20H,5,8,11,16-17,21,37H2,1-3H3,(H,38,45)(H,40,44). The third-order valence-corrected chi connectivity index (χ3v) is 8.19. The van der Waals surface area contributed by atoms with E-state index in [0.29, 0.717) is 59.9 Å². The lowest BCUT2D eigenvalue weighted by Gasteiger charge is -2.12. The Morgan fingerprint density at radius 1 is 0.979 bits per heavy atom. The second-order valence-corrected chi connectivity index (χ2v) is 11.5. The molecule has 0 bridgehead atoms. The molecule has 11 heteroatoms. The van der Waals surface area contributed by atoms with Crippen molar-refractivity contribution in [1.29, 1.82) is 0 Å². The Morgan fingerprint density at radius 2 is 1.77 bits per heavy atom. The molecule has 0 saturated carbocycles. The number of hydrogen-bond acceptors (Lipinski definition) is 8. The highest BCUT2D eigenvalue weighted by atomic mass is 16.5. The van der Waals surface area contributed by atoms with E-state index in [4.69, 9.17) is 25.1 Å². The van der Waals surface area contributed by atoms with Gasteiger partial charge in [0.05, 0.1) is 52.7 Å². The van der Waals surface area contributed by atoms with Crippen LogP contribution in [0, 0.1) is 13.8 Å². The molecule has 11 nitrogen and oxygen atoms in total. The van der Waals surface area contributed by atoms with Gasteiger partial charge in [0.15, 0.2) is 5.69 Å². The van der Waals surface area contributed by atoms with Crippen LogP contribution in [-0.4, -0.2) is 45.4 Å². The van der Waals surface area contributed by atoms with Crippen molar-refractivity contribution in [3.63, 3.8) is 0 Å². The molecule has 3 aromatic heterocycles. The fraction of sp³-hybridized carbons (Fsp3) is 0.250. The minimum absolute atomic E-state index is 0.0856. The Hall–Kier alpha value is -5.71. The zero-order chi connectivity index (χ0) is 32.9. The highest BCUT2D eigenvalue weighted by Gasteiger charge is 2.23. The molecule has 3 aromatic carbocycles. The molecule has 47 heavy (non-hydrogen) atoms. The number of aromatic nitrogens is 4. The number of hydrogen-bond donors (Lipinski definition) is 3. The summed E-state index contributed by atoms with van der Waals surface area (Å²) >= 11 is 0. The summed E-state index contributed by atoms with van der Waals surface area (Å²) < 4.78 is 13.1. The van der Waals surface area contributed by atoms with Gasteiger partial charge in [-0.3, -0.25) is 19.3 Å². The molecule has 3 heterocycles. The number of pyridine rings is 1. The highest BCUT2D eigenvalue weighted by molar-refractivity contribution is 6.13. The SMILES string of the molecule is COc1cc2c(cc1-c1c(C)noc1C)ncc1c(C(=O)NCCCCCC(=O)Nc3ccccc3N)nn(Cc3ccccc3)c12. The summed E-state index contributed by atoms with van der Waals surface area (Å²) in [7, 11) is 1.63. The minimum atomic E-state index is -0.278. The molecule has 0 aliphatic carbocycles. The molecule has 0 saturated heterocycles. The normalized spacial score (nSPS) is 11.2. The zero-order valence-electron chi connectivity index (χ0n) is 26.7. The van der Waals surface area contributed by atoms with Crippen molar-refractivity contribution in [2.45, 2.75) is 46.1 Å². The minimum Gasteiger partial charge on any atom is -0.496 e. The molecule has 0 radical (unpaired) electrons. The molecule has 4 N–H and O–H groups in total. The molecular weight excluding hydrogens is 594 g/mol. The summed E-state index contributed by atoms with van der Waals surface area (Å²) in [6.07, 6.45) is 4.27. The van der Waals surface area contributed by atoms with Gasteiger partial charge in [-0.05, 0) is 56.5 Å². The van der Waals surface area contributed by atoms with E-state index in [-0.39, 0.29) is 11.8 Å². The van der Waals surface area contributed by atoms with Crippen LogP contribution in [0.25, 0.3) is 32.9 Å². The topological polar surface area (TPSA) is 150 Å². The number of unbranched alkanes of at least 4 members (excludes halogenated alkanes) is 2. The van der Waals surface area contributed by atoms with Crippen molar-refractivity contribution in [3.8, 4) is 16.9 Å². The summed E-state index contributed by atoms with van der Waals surface area (Å²) in [5.74, 6) is 0.965. The molecule has 0 aliphatic rings. The number of fused-ring (bicyclic) bond motifs is 3. The second kappa shape index (κ2) is 13.7. The third kappa shape index (κ3) is 6.64. The average Bonchev–Trinajstić information content (AvgIpc) is 3.62. The van der Waals surface area contributed by atoms with Crippen molar-refractivity contribution < 1.29 is 18.8 Å². The Morgan fingerprint density at radius 3 is 2.51 bits per heavy atom. The number of nitrogen functional groups attached to an aromatic ring is 1. The monoisotopic (exact) mass is 631 g/mol. The maximum Gasteiger partial charge on any atom is 0.272 e. The number of rotatable bonds is 12. The molecule has 240 valence electrons. The Balaban J connectivity index is 1.22. The number of carbonyl (C=O) groups is 2. The molecule has 0 fully saturated rings. The van der Waals surface area contributed by atoms with E-state index in [2.05, 4.69) is 15.8 Å². The van der Waals surface area contributed by atoms with Crippen LogP contribution in [0.15, 0.2) is 77.4 Å². The predicted molar refractivity (Wildman–Crippen MR) is 182 cm³/mol. The van der Waals surface area contributed by atoms with Gasteiger partial charge in [-0.2, -0.15) is 5.10 Å². The molecule has 2 amide bonds. The highest BCUT2D eigenvalue weighted by Crippen LogP contribution is 2.39. The lowest BCUT2D eigenvalue weighted by Crippen LogP contribution is -2.25. The van der Waals surface area contributed by atoms with E-state index in [1.54, 1.807) is 25.4 Å². The number of nitrogens with zero attached hydrogens (tertiary/aromatic N) is 4. The zero-order valence-corrected chi connectivity index (χ0v) is 26.7. The molecule has 0 unspecified atom stereocenters. The summed E-state index contributed by atoms with van der Waals surface area (Å²) in [4.78, 5) is 30.6. The van der Waals surface area contributed by atoms with Crippen molar-refractivity contribution >= 4 is 45.0 Å². The van der Waals surface area contributed by atoms with Crippen LogP contribution in [0.1, 0.15) is 53.2 Å². The molecule has 6 aromatic rings. The smallest absolute Gasteiger partial charge is 0.272 e. The van der Waals surface area contributed by atoms with Crippen molar-refractivity contribution in [2.75, 3.05) is 24.7 Å². The van der Waals surface area contributed by atoms with Crippen LogP contribution in [0.2, 0.25) is 0 Å². The van der Waals surface area contributed by atoms with Crippen LogP contribution in [0.5, 0.6) is 5.75 Å². The fourth-order valence-corrected chi connectivity index (χ4v) is 5.85. The second-order valence-electron chi connectivity index (χ2n) is 11.5. The Kier molecular flexibility index (Phi) is 9.14. The van der Waals surface area contributed by atoms with E-state index in [1.807, 2.05) is 73.1 Å². The summed E-state index contributed by atoms with van der Waals surface area (Å²) in [6.45, 7) is 4.68. The fourth-order valence-electron chi connectivity index (χ4n) is 5.85. The van der Waals surface area contributed by atoms with Crippen molar-refractivity contribution in [1.82, 2.24) is 25.2 Å². The van der Waals surface area contributed by atoms with Gasteiger partial charge >= 0.3 is 0 Å². The lowest BCUT2D eigenvalue weighted by molar-refractivity contribution is -0.116. The van der Waals surface area contributed by atoms with Crippen LogP contribution < -0.4 is 21.1 Å². The Bertz CT molecular complexity index is 2050. The van der Waals surface area contributed by atoms with E-state index >= 15 is 0 Å². The summed E-state index contributed by atoms with van der Waals surface area (Å²) in [6, 6.07) is 21.1. The van der Waals surface area contributed by atoms with Gasteiger partial charge in [0.1, 0.15) is 11.5 Å². The van der Waals surface area contributed by atoms with Gasteiger partial charge in [-0.1, -0.05) is 54.0 Å². The summed E-state index contributed by atoms with van der Waals surface area (Å²) in [5, 5.41) is 16.2. The molecule has 6 rings (SSSR count). The lowest BCUT2D eigenvalue weighted by atomic mass is 10.00.